The van der Waals surface area contributed by atoms with Crippen LogP contribution in [0.25, 0.3) is 16.3 Å². The van der Waals surface area contributed by atoms with Crippen molar-refractivity contribution in [2.45, 2.75) is 4.90 Å². The summed E-state index contributed by atoms with van der Waals surface area (Å²) in [6, 6.07) is 10.2. The number of ether oxygens (including phenoxy) is 2. The van der Waals surface area contributed by atoms with E-state index in [1.54, 1.807) is 49.5 Å². The van der Waals surface area contributed by atoms with Gasteiger partial charge in [-0.2, -0.15) is 0 Å². The van der Waals surface area contributed by atoms with E-state index in [2.05, 4.69) is 4.98 Å². The van der Waals surface area contributed by atoms with Crippen LogP contribution in [0.2, 0.25) is 0 Å². The molecule has 0 fully saturated rings. The molecular weight excluding hydrogens is 462 g/mol. The number of fused-ring (bicyclic) bond motifs is 1. The van der Waals surface area contributed by atoms with Gasteiger partial charge in [-0.25, -0.2) is 13.4 Å². The van der Waals surface area contributed by atoms with Crippen LogP contribution in [0.3, 0.4) is 0 Å². The summed E-state index contributed by atoms with van der Waals surface area (Å²) in [4.78, 5) is 21.5. The summed E-state index contributed by atoms with van der Waals surface area (Å²) in [6.45, 7) is 1.07. The lowest BCUT2D eigenvalue weighted by molar-refractivity contribution is -0.114. The number of hydrogen-bond acceptors (Lipinski definition) is 8. The minimum absolute atomic E-state index is 0.227. The van der Waals surface area contributed by atoms with Gasteiger partial charge in [-0.05, 0) is 56.1 Å². The fourth-order valence-electron chi connectivity index (χ4n) is 3.05. The number of carbonyl (C=O) groups is 1. The quantitative estimate of drug-likeness (QED) is 0.426. The van der Waals surface area contributed by atoms with Gasteiger partial charge in [0.05, 0.1) is 29.3 Å². The molecule has 176 valence electrons. The fourth-order valence-corrected chi connectivity index (χ4v) is 4.81. The zero-order valence-electron chi connectivity index (χ0n) is 19.2. The first-order valence-corrected chi connectivity index (χ1v) is 12.8. The predicted molar refractivity (Wildman–Crippen MR) is 132 cm³/mol. The predicted octanol–water partition coefficient (Wildman–Crippen LogP) is 3.33. The van der Waals surface area contributed by atoms with Gasteiger partial charge in [0.1, 0.15) is 0 Å². The Morgan fingerprint density at radius 2 is 1.79 bits per heavy atom. The summed E-state index contributed by atoms with van der Waals surface area (Å²) >= 11 is 1.29. The van der Waals surface area contributed by atoms with Crippen molar-refractivity contribution >= 4 is 48.5 Å². The number of sulfone groups is 1. The van der Waals surface area contributed by atoms with Crippen LogP contribution in [0.5, 0.6) is 11.5 Å². The summed E-state index contributed by atoms with van der Waals surface area (Å²) in [7, 11) is 3.65. The molecule has 0 saturated heterocycles. The average molecular weight is 490 g/mol. The Morgan fingerprint density at radius 1 is 1.06 bits per heavy atom. The number of likely N-dealkylation sites (N-methyl/N-ethyl adjacent to an activating group) is 1. The monoisotopic (exact) mass is 489 g/mol. The second-order valence-electron chi connectivity index (χ2n) is 7.64. The van der Waals surface area contributed by atoms with E-state index in [4.69, 9.17) is 9.47 Å². The van der Waals surface area contributed by atoms with Crippen LogP contribution in [-0.2, 0) is 14.6 Å². The number of aromatic nitrogens is 1. The van der Waals surface area contributed by atoms with E-state index in [9.17, 15) is 13.2 Å². The van der Waals surface area contributed by atoms with Gasteiger partial charge in [0.2, 0.25) is 0 Å². The van der Waals surface area contributed by atoms with Crippen molar-refractivity contribution in [3.63, 3.8) is 0 Å². The zero-order chi connectivity index (χ0) is 24.2. The molecular formula is C23H27N3O5S2. The van der Waals surface area contributed by atoms with Crippen LogP contribution in [-0.4, -0.2) is 71.9 Å². The van der Waals surface area contributed by atoms with Crippen molar-refractivity contribution in [3.8, 4) is 11.5 Å². The third-order valence-corrected chi connectivity index (χ3v) is 7.02. The molecule has 10 heteroatoms. The third kappa shape index (κ3) is 6.10. The molecule has 1 aromatic heterocycles. The molecule has 1 heterocycles. The molecule has 0 atom stereocenters. The van der Waals surface area contributed by atoms with E-state index < -0.39 is 9.84 Å². The van der Waals surface area contributed by atoms with Gasteiger partial charge in [-0.15, -0.1) is 0 Å². The molecule has 0 N–H and O–H groups in total. The summed E-state index contributed by atoms with van der Waals surface area (Å²) in [5.41, 5.74) is 1.43. The SMILES string of the molecule is COc1ccc(C=CC(=O)N(CCN(C)C)c2nc3ccc(S(C)(=O)=O)cc3s2)cc1OC. The fraction of sp³-hybridized carbons (Fsp3) is 0.304. The van der Waals surface area contributed by atoms with Crippen molar-refractivity contribution in [3.05, 3.63) is 48.0 Å². The standard InChI is InChI=1S/C23H27N3O5S2/c1-25(2)12-13-26(22(27)11-7-16-6-10-19(30-3)20(14-16)31-4)23-24-18-9-8-17(33(5,28)29)15-21(18)32-23/h6-11,14-15H,12-13H2,1-5H3. The van der Waals surface area contributed by atoms with Gasteiger partial charge < -0.3 is 14.4 Å². The van der Waals surface area contributed by atoms with Crippen molar-refractivity contribution in [1.82, 2.24) is 9.88 Å². The first kappa shape index (κ1) is 24.7. The topological polar surface area (TPSA) is 89.0 Å². The Bertz CT molecular complexity index is 1280. The minimum atomic E-state index is -3.33. The number of amides is 1. The lowest BCUT2D eigenvalue weighted by atomic mass is 10.2. The summed E-state index contributed by atoms with van der Waals surface area (Å²) in [5, 5.41) is 0.513. The largest absolute Gasteiger partial charge is 0.493 e. The van der Waals surface area contributed by atoms with Gasteiger partial charge in [-0.1, -0.05) is 17.4 Å². The van der Waals surface area contributed by atoms with E-state index in [0.29, 0.717) is 39.9 Å². The van der Waals surface area contributed by atoms with E-state index in [-0.39, 0.29) is 10.8 Å². The summed E-state index contributed by atoms with van der Waals surface area (Å²) in [6.07, 6.45) is 4.37. The molecule has 0 spiro atoms. The van der Waals surface area contributed by atoms with Gasteiger partial charge in [0.25, 0.3) is 5.91 Å². The highest BCUT2D eigenvalue weighted by atomic mass is 32.2. The van der Waals surface area contributed by atoms with E-state index in [1.165, 1.54) is 29.7 Å². The van der Waals surface area contributed by atoms with E-state index >= 15 is 0 Å². The lowest BCUT2D eigenvalue weighted by Crippen LogP contribution is -2.35. The number of benzene rings is 2. The van der Waals surface area contributed by atoms with Gasteiger partial charge in [0, 0.05) is 25.4 Å². The van der Waals surface area contributed by atoms with Crippen LogP contribution in [0.15, 0.2) is 47.4 Å². The number of thiazole rings is 1. The first-order chi connectivity index (χ1) is 15.6. The van der Waals surface area contributed by atoms with Gasteiger partial charge >= 0.3 is 0 Å². The Balaban J connectivity index is 1.92. The molecule has 0 bridgehead atoms. The first-order valence-electron chi connectivity index (χ1n) is 10.1. The van der Waals surface area contributed by atoms with Crippen molar-refractivity contribution in [2.24, 2.45) is 0 Å². The number of hydrogen-bond donors (Lipinski definition) is 0. The number of carbonyl (C=O) groups excluding carboxylic acids is 1. The maximum Gasteiger partial charge on any atom is 0.252 e. The number of methoxy groups -OCH3 is 2. The van der Waals surface area contributed by atoms with Crippen molar-refractivity contribution in [1.29, 1.82) is 0 Å². The molecule has 0 aliphatic carbocycles. The minimum Gasteiger partial charge on any atom is -0.493 e. The molecule has 1 amide bonds. The molecule has 0 aliphatic heterocycles. The van der Waals surface area contributed by atoms with Gasteiger partial charge in [-0.3, -0.25) is 9.69 Å². The van der Waals surface area contributed by atoms with Crippen LogP contribution in [0, 0.1) is 0 Å². The number of rotatable bonds is 9. The van der Waals surface area contributed by atoms with Crippen molar-refractivity contribution < 1.29 is 22.7 Å². The highest BCUT2D eigenvalue weighted by molar-refractivity contribution is 7.90. The molecule has 33 heavy (non-hydrogen) atoms. The van der Waals surface area contributed by atoms with Crippen LogP contribution in [0.4, 0.5) is 5.13 Å². The second kappa shape index (κ2) is 10.3. The Hall–Kier alpha value is -2.95. The van der Waals surface area contributed by atoms with Gasteiger partial charge in [0.15, 0.2) is 26.5 Å². The van der Waals surface area contributed by atoms with Crippen LogP contribution < -0.4 is 14.4 Å². The van der Waals surface area contributed by atoms with Crippen molar-refractivity contribution in [2.75, 3.05) is 52.6 Å². The Kier molecular flexibility index (Phi) is 7.72. The molecule has 8 nitrogen and oxygen atoms in total. The molecule has 0 aliphatic rings. The molecule has 0 radical (unpaired) electrons. The Morgan fingerprint density at radius 3 is 2.42 bits per heavy atom. The molecule has 0 saturated carbocycles. The maximum atomic E-state index is 13.1. The highest BCUT2D eigenvalue weighted by Gasteiger charge is 2.19. The molecule has 0 unspecified atom stereocenters. The molecule has 2 aromatic carbocycles. The average Bonchev–Trinajstić information content (AvgIpc) is 3.19. The molecule has 3 aromatic rings. The maximum absolute atomic E-state index is 13.1. The normalized spacial score (nSPS) is 11.9. The smallest absolute Gasteiger partial charge is 0.252 e. The highest BCUT2D eigenvalue weighted by Crippen LogP contribution is 2.31. The van der Waals surface area contributed by atoms with Crippen LogP contribution >= 0.6 is 11.3 Å². The molecule has 3 rings (SSSR count). The van der Waals surface area contributed by atoms with E-state index in [0.717, 1.165) is 5.56 Å². The summed E-state index contributed by atoms with van der Waals surface area (Å²) in [5.74, 6) is 0.954. The van der Waals surface area contributed by atoms with Crippen LogP contribution in [0.1, 0.15) is 5.56 Å². The lowest BCUT2D eigenvalue weighted by Gasteiger charge is -2.20. The summed E-state index contributed by atoms with van der Waals surface area (Å²) < 4.78 is 35.1. The second-order valence-corrected chi connectivity index (χ2v) is 10.7. The number of anilines is 1. The number of nitrogens with zero attached hydrogens (tertiary/aromatic N) is 3. The third-order valence-electron chi connectivity index (χ3n) is 4.87. The zero-order valence-corrected chi connectivity index (χ0v) is 20.9. The van der Waals surface area contributed by atoms with E-state index in [1.807, 2.05) is 25.1 Å². The Labute approximate surface area is 198 Å².